The molecule has 0 saturated carbocycles. The van der Waals surface area contributed by atoms with E-state index in [1.54, 1.807) is 0 Å². The molecular formula is C15H13FO4. The molecule has 104 valence electrons. The number of ether oxygens (including phenoxy) is 2. The first kappa shape index (κ1) is 13.9. The van der Waals surface area contributed by atoms with Gasteiger partial charge in [0.1, 0.15) is 17.9 Å². The molecule has 2 aromatic rings. The van der Waals surface area contributed by atoms with E-state index >= 15 is 0 Å². The monoisotopic (exact) mass is 276 g/mol. The van der Waals surface area contributed by atoms with Crippen molar-refractivity contribution < 1.29 is 23.8 Å². The van der Waals surface area contributed by atoms with Gasteiger partial charge in [0.2, 0.25) is 0 Å². The summed E-state index contributed by atoms with van der Waals surface area (Å²) < 4.78 is 24.1. The van der Waals surface area contributed by atoms with E-state index in [4.69, 9.17) is 14.6 Å². The molecule has 5 heteroatoms. The van der Waals surface area contributed by atoms with Gasteiger partial charge >= 0.3 is 5.97 Å². The van der Waals surface area contributed by atoms with Crippen molar-refractivity contribution in [3.05, 3.63) is 59.4 Å². The van der Waals surface area contributed by atoms with Crippen LogP contribution in [0.15, 0.2) is 42.5 Å². The van der Waals surface area contributed by atoms with Crippen LogP contribution in [0.5, 0.6) is 11.5 Å². The highest BCUT2D eigenvalue weighted by Gasteiger charge is 2.16. The van der Waals surface area contributed by atoms with Crippen LogP contribution >= 0.6 is 0 Å². The second-order valence-electron chi connectivity index (χ2n) is 4.06. The average molecular weight is 276 g/mol. The molecule has 2 rings (SSSR count). The molecule has 0 aliphatic heterocycles. The van der Waals surface area contributed by atoms with E-state index in [0.717, 1.165) is 11.6 Å². The van der Waals surface area contributed by atoms with Gasteiger partial charge in [-0.1, -0.05) is 30.3 Å². The van der Waals surface area contributed by atoms with Crippen molar-refractivity contribution in [3.8, 4) is 11.5 Å². The van der Waals surface area contributed by atoms with Crippen LogP contribution in [-0.4, -0.2) is 18.2 Å². The first-order valence-electron chi connectivity index (χ1n) is 5.89. The zero-order valence-electron chi connectivity index (χ0n) is 10.8. The van der Waals surface area contributed by atoms with Crippen molar-refractivity contribution in [3.63, 3.8) is 0 Å². The molecular weight excluding hydrogens is 263 g/mol. The van der Waals surface area contributed by atoms with E-state index in [0.29, 0.717) is 0 Å². The van der Waals surface area contributed by atoms with E-state index in [1.807, 2.05) is 30.3 Å². The van der Waals surface area contributed by atoms with Gasteiger partial charge in [-0.25, -0.2) is 9.18 Å². The third-order valence-electron chi connectivity index (χ3n) is 2.72. The molecule has 0 aromatic heterocycles. The van der Waals surface area contributed by atoms with Gasteiger partial charge in [-0.3, -0.25) is 0 Å². The van der Waals surface area contributed by atoms with Gasteiger partial charge < -0.3 is 14.6 Å². The Morgan fingerprint density at radius 1 is 1.20 bits per heavy atom. The number of carboxylic acid groups (broad SMARTS) is 1. The molecule has 0 atom stereocenters. The van der Waals surface area contributed by atoms with E-state index in [-0.39, 0.29) is 23.7 Å². The number of halogens is 1. The second kappa shape index (κ2) is 6.06. The molecule has 0 heterocycles. The third-order valence-corrected chi connectivity index (χ3v) is 2.72. The van der Waals surface area contributed by atoms with E-state index < -0.39 is 11.8 Å². The normalized spacial score (nSPS) is 10.1. The number of hydrogen-bond donors (Lipinski definition) is 1. The number of benzene rings is 2. The van der Waals surface area contributed by atoms with Gasteiger partial charge in [0.15, 0.2) is 11.6 Å². The fourth-order valence-electron chi connectivity index (χ4n) is 1.72. The van der Waals surface area contributed by atoms with Crippen molar-refractivity contribution in [2.45, 2.75) is 6.61 Å². The quantitative estimate of drug-likeness (QED) is 0.911. The summed E-state index contributed by atoms with van der Waals surface area (Å²) in [5.74, 6) is -1.98. The summed E-state index contributed by atoms with van der Waals surface area (Å²) in [5.41, 5.74) is 0.644. The number of aromatic carboxylic acids is 1. The lowest BCUT2D eigenvalue weighted by Gasteiger charge is -2.11. The van der Waals surface area contributed by atoms with Gasteiger partial charge in [-0.2, -0.15) is 0 Å². The lowest BCUT2D eigenvalue weighted by Crippen LogP contribution is -2.04. The molecule has 0 amide bonds. The predicted molar refractivity (Wildman–Crippen MR) is 70.7 cm³/mol. The summed E-state index contributed by atoms with van der Waals surface area (Å²) in [6, 6.07) is 11.4. The number of rotatable bonds is 5. The van der Waals surface area contributed by atoms with Crippen molar-refractivity contribution >= 4 is 5.97 Å². The van der Waals surface area contributed by atoms with Gasteiger partial charge in [0.25, 0.3) is 0 Å². The summed E-state index contributed by atoms with van der Waals surface area (Å²) in [5, 5.41) is 8.93. The maximum absolute atomic E-state index is 13.8. The van der Waals surface area contributed by atoms with Crippen molar-refractivity contribution in [2.75, 3.05) is 7.11 Å². The standard InChI is InChI=1S/C15H13FO4/c1-19-13-8-14(12(16)7-11(13)15(17)18)20-9-10-5-3-2-4-6-10/h2-8H,9H2,1H3,(H,17,18). The zero-order valence-corrected chi connectivity index (χ0v) is 10.8. The van der Waals surface area contributed by atoms with Crippen LogP contribution in [0.3, 0.4) is 0 Å². The predicted octanol–water partition coefficient (Wildman–Crippen LogP) is 3.11. The summed E-state index contributed by atoms with van der Waals surface area (Å²) >= 11 is 0. The summed E-state index contributed by atoms with van der Waals surface area (Å²) in [6.07, 6.45) is 0. The lowest BCUT2D eigenvalue weighted by atomic mass is 10.2. The molecule has 0 fully saturated rings. The Balaban J connectivity index is 2.22. The Hall–Kier alpha value is -2.56. The number of carbonyl (C=O) groups is 1. The summed E-state index contributed by atoms with van der Waals surface area (Å²) in [6.45, 7) is 0.188. The molecule has 0 bridgehead atoms. The van der Waals surface area contributed by atoms with Gasteiger partial charge in [0.05, 0.1) is 7.11 Å². The number of carboxylic acids is 1. The smallest absolute Gasteiger partial charge is 0.339 e. The minimum absolute atomic E-state index is 0.0456. The maximum atomic E-state index is 13.8. The Bertz CT molecular complexity index is 611. The number of hydrogen-bond acceptors (Lipinski definition) is 3. The molecule has 0 radical (unpaired) electrons. The van der Waals surface area contributed by atoms with Crippen molar-refractivity contribution in [1.82, 2.24) is 0 Å². The highest BCUT2D eigenvalue weighted by atomic mass is 19.1. The van der Waals surface area contributed by atoms with E-state index in [9.17, 15) is 9.18 Å². The van der Waals surface area contributed by atoms with Gasteiger partial charge in [-0.15, -0.1) is 0 Å². The molecule has 2 aromatic carbocycles. The van der Waals surface area contributed by atoms with Crippen LogP contribution in [0.25, 0.3) is 0 Å². The van der Waals surface area contributed by atoms with Crippen LogP contribution in [0, 0.1) is 5.82 Å². The highest BCUT2D eigenvalue weighted by Crippen LogP contribution is 2.28. The minimum Gasteiger partial charge on any atom is -0.496 e. The van der Waals surface area contributed by atoms with E-state index in [1.165, 1.54) is 13.2 Å². The largest absolute Gasteiger partial charge is 0.496 e. The maximum Gasteiger partial charge on any atom is 0.339 e. The Morgan fingerprint density at radius 3 is 2.50 bits per heavy atom. The summed E-state index contributed by atoms with van der Waals surface area (Å²) in [7, 11) is 1.32. The Labute approximate surface area is 115 Å². The second-order valence-corrected chi connectivity index (χ2v) is 4.06. The first-order valence-corrected chi connectivity index (χ1v) is 5.89. The molecule has 20 heavy (non-hydrogen) atoms. The van der Waals surface area contributed by atoms with Crippen LogP contribution in [0.1, 0.15) is 15.9 Å². The fraction of sp³-hybridized carbons (Fsp3) is 0.133. The molecule has 0 aliphatic carbocycles. The number of methoxy groups -OCH3 is 1. The van der Waals surface area contributed by atoms with Crippen LogP contribution in [0.4, 0.5) is 4.39 Å². The first-order chi connectivity index (χ1) is 9.61. The van der Waals surface area contributed by atoms with E-state index in [2.05, 4.69) is 0 Å². The average Bonchev–Trinajstić information content (AvgIpc) is 2.46. The third kappa shape index (κ3) is 3.06. The minimum atomic E-state index is -1.25. The Morgan fingerprint density at radius 2 is 1.90 bits per heavy atom. The zero-order chi connectivity index (χ0) is 14.5. The van der Waals surface area contributed by atoms with Crippen molar-refractivity contribution in [1.29, 1.82) is 0 Å². The van der Waals surface area contributed by atoms with Crippen LogP contribution < -0.4 is 9.47 Å². The molecule has 0 aliphatic rings. The molecule has 0 saturated heterocycles. The van der Waals surface area contributed by atoms with Crippen LogP contribution in [-0.2, 0) is 6.61 Å². The molecule has 1 N–H and O–H groups in total. The molecule has 4 nitrogen and oxygen atoms in total. The van der Waals surface area contributed by atoms with Crippen LogP contribution in [0.2, 0.25) is 0 Å². The molecule has 0 unspecified atom stereocenters. The molecule has 0 spiro atoms. The highest BCUT2D eigenvalue weighted by molar-refractivity contribution is 5.91. The fourth-order valence-corrected chi connectivity index (χ4v) is 1.72. The van der Waals surface area contributed by atoms with Gasteiger partial charge in [0, 0.05) is 6.07 Å². The summed E-state index contributed by atoms with van der Waals surface area (Å²) in [4.78, 5) is 10.9. The lowest BCUT2D eigenvalue weighted by molar-refractivity contribution is 0.0692. The van der Waals surface area contributed by atoms with Gasteiger partial charge in [-0.05, 0) is 11.6 Å². The topological polar surface area (TPSA) is 55.8 Å². The SMILES string of the molecule is COc1cc(OCc2ccccc2)c(F)cc1C(=O)O. The Kier molecular flexibility index (Phi) is 4.20. The van der Waals surface area contributed by atoms with Crippen molar-refractivity contribution in [2.24, 2.45) is 0 Å².